The Bertz CT molecular complexity index is 403. The minimum atomic E-state index is -0.774. The minimum absolute atomic E-state index is 0.223. The predicted molar refractivity (Wildman–Crippen MR) is 64.4 cm³/mol. The van der Waals surface area contributed by atoms with Gasteiger partial charge in [-0.3, -0.25) is 4.21 Å². The maximum absolute atomic E-state index is 11.5. The average molecular weight is 240 g/mol. The van der Waals surface area contributed by atoms with Crippen LogP contribution in [0.2, 0.25) is 0 Å². The highest BCUT2D eigenvalue weighted by Gasteiger charge is 2.16. The smallest absolute Gasteiger partial charge is 0.231 e. The van der Waals surface area contributed by atoms with Gasteiger partial charge >= 0.3 is 0 Å². The van der Waals surface area contributed by atoms with Crippen molar-refractivity contribution >= 4 is 10.8 Å². The van der Waals surface area contributed by atoms with Gasteiger partial charge < -0.3 is 9.47 Å². The van der Waals surface area contributed by atoms with Crippen LogP contribution in [0.3, 0.4) is 0 Å². The van der Waals surface area contributed by atoms with Crippen LogP contribution in [0.25, 0.3) is 0 Å². The minimum Gasteiger partial charge on any atom is -0.454 e. The van der Waals surface area contributed by atoms with Crippen LogP contribution in [0, 0.1) is 0 Å². The summed E-state index contributed by atoms with van der Waals surface area (Å²) in [4.78, 5) is 0. The molecule has 1 aliphatic rings. The molecule has 16 heavy (non-hydrogen) atoms. The van der Waals surface area contributed by atoms with Crippen molar-refractivity contribution in [1.29, 1.82) is 0 Å². The number of hydrogen-bond donors (Lipinski definition) is 0. The first-order valence-electron chi connectivity index (χ1n) is 5.41. The summed E-state index contributed by atoms with van der Waals surface area (Å²) in [6.45, 7) is 2.37. The Morgan fingerprint density at radius 1 is 1.38 bits per heavy atom. The lowest BCUT2D eigenvalue weighted by Gasteiger charge is -2.11. The van der Waals surface area contributed by atoms with Gasteiger partial charge in [0, 0.05) is 22.3 Å². The van der Waals surface area contributed by atoms with Crippen molar-refractivity contribution in [2.24, 2.45) is 0 Å². The van der Waals surface area contributed by atoms with E-state index in [0.717, 1.165) is 29.9 Å². The van der Waals surface area contributed by atoms with Gasteiger partial charge in [-0.05, 0) is 30.5 Å². The van der Waals surface area contributed by atoms with E-state index in [1.807, 2.05) is 18.2 Å². The molecule has 4 heteroatoms. The zero-order chi connectivity index (χ0) is 11.5. The molecule has 1 heterocycles. The Hall–Kier alpha value is -1.03. The molecule has 0 bridgehead atoms. The van der Waals surface area contributed by atoms with Gasteiger partial charge in [0.15, 0.2) is 11.5 Å². The first kappa shape index (κ1) is 11.5. The Morgan fingerprint density at radius 3 is 2.81 bits per heavy atom. The fraction of sp³-hybridized carbons (Fsp3) is 0.500. The summed E-state index contributed by atoms with van der Waals surface area (Å²) >= 11 is 0. The molecule has 3 nitrogen and oxygen atoms in total. The molecule has 88 valence electrons. The van der Waals surface area contributed by atoms with E-state index in [-0.39, 0.29) is 5.25 Å². The summed E-state index contributed by atoms with van der Waals surface area (Å²) < 4.78 is 22.0. The summed E-state index contributed by atoms with van der Waals surface area (Å²) in [5.41, 5.74) is 1.16. The normalized spacial score (nSPS) is 17.1. The summed E-state index contributed by atoms with van der Waals surface area (Å²) in [6.07, 6.45) is 3.52. The lowest BCUT2D eigenvalue weighted by molar-refractivity contribution is 0.174. The van der Waals surface area contributed by atoms with Crippen LogP contribution in [0.4, 0.5) is 0 Å². The third-order valence-corrected chi connectivity index (χ3v) is 4.26. The molecule has 0 amide bonds. The molecule has 1 aromatic rings. The van der Waals surface area contributed by atoms with Crippen molar-refractivity contribution in [2.45, 2.75) is 25.0 Å². The van der Waals surface area contributed by atoms with Gasteiger partial charge in [0.2, 0.25) is 6.79 Å². The molecule has 2 atom stereocenters. The van der Waals surface area contributed by atoms with E-state index >= 15 is 0 Å². The average Bonchev–Trinajstić information content (AvgIpc) is 2.72. The molecule has 1 aromatic carbocycles. The molecule has 1 aliphatic heterocycles. The fourth-order valence-corrected chi connectivity index (χ4v) is 2.72. The van der Waals surface area contributed by atoms with Crippen molar-refractivity contribution in [1.82, 2.24) is 0 Å². The lowest BCUT2D eigenvalue weighted by atomic mass is 10.1. The highest BCUT2D eigenvalue weighted by Crippen LogP contribution is 2.33. The second-order valence-corrected chi connectivity index (χ2v) is 5.58. The monoisotopic (exact) mass is 240 g/mol. The van der Waals surface area contributed by atoms with Crippen molar-refractivity contribution in [3.05, 3.63) is 23.8 Å². The van der Waals surface area contributed by atoms with Crippen LogP contribution < -0.4 is 9.47 Å². The van der Waals surface area contributed by atoms with Gasteiger partial charge in [-0.1, -0.05) is 13.0 Å². The van der Waals surface area contributed by atoms with E-state index in [1.165, 1.54) is 0 Å². The topological polar surface area (TPSA) is 35.5 Å². The number of benzene rings is 1. The Morgan fingerprint density at radius 2 is 2.12 bits per heavy atom. The standard InChI is InChI=1S/C12H16O3S/c1-3-10(16(2)13)6-9-4-5-11-12(7-9)15-8-14-11/h4-5,7,10H,3,6,8H2,1-2H3. The van der Waals surface area contributed by atoms with Crippen molar-refractivity contribution < 1.29 is 13.7 Å². The molecule has 0 fully saturated rings. The number of fused-ring (bicyclic) bond motifs is 1. The molecule has 0 saturated carbocycles. The van der Waals surface area contributed by atoms with Crippen molar-refractivity contribution in [3.63, 3.8) is 0 Å². The zero-order valence-corrected chi connectivity index (χ0v) is 10.4. The molecular formula is C12H16O3S. The largest absolute Gasteiger partial charge is 0.454 e. The van der Waals surface area contributed by atoms with Crippen molar-refractivity contribution in [3.8, 4) is 11.5 Å². The van der Waals surface area contributed by atoms with Crippen LogP contribution in [-0.4, -0.2) is 22.5 Å². The van der Waals surface area contributed by atoms with Crippen LogP contribution >= 0.6 is 0 Å². The van der Waals surface area contributed by atoms with E-state index in [4.69, 9.17) is 9.47 Å². The summed E-state index contributed by atoms with van der Waals surface area (Å²) in [5, 5.41) is 0.223. The predicted octanol–water partition coefficient (Wildman–Crippen LogP) is 2.11. The van der Waals surface area contributed by atoms with Gasteiger partial charge in [0.25, 0.3) is 0 Å². The van der Waals surface area contributed by atoms with Gasteiger partial charge in [-0.15, -0.1) is 0 Å². The fourth-order valence-electron chi connectivity index (χ4n) is 1.83. The van der Waals surface area contributed by atoms with E-state index in [1.54, 1.807) is 6.26 Å². The maximum atomic E-state index is 11.5. The number of ether oxygens (including phenoxy) is 2. The molecule has 0 N–H and O–H groups in total. The van der Waals surface area contributed by atoms with E-state index in [2.05, 4.69) is 6.92 Å². The molecule has 2 rings (SSSR count). The van der Waals surface area contributed by atoms with Crippen molar-refractivity contribution in [2.75, 3.05) is 13.0 Å². The van der Waals surface area contributed by atoms with Crippen LogP contribution in [0.15, 0.2) is 18.2 Å². The van der Waals surface area contributed by atoms with E-state index < -0.39 is 10.8 Å². The van der Waals surface area contributed by atoms with Crippen LogP contribution in [0.1, 0.15) is 18.9 Å². The van der Waals surface area contributed by atoms with Gasteiger partial charge in [0.05, 0.1) is 0 Å². The first-order valence-corrected chi connectivity index (χ1v) is 7.03. The summed E-state index contributed by atoms with van der Waals surface area (Å²) in [5.74, 6) is 1.60. The third-order valence-electron chi connectivity index (χ3n) is 2.83. The highest BCUT2D eigenvalue weighted by atomic mass is 32.2. The SMILES string of the molecule is CCC(Cc1ccc2c(c1)OCO2)S(C)=O. The Balaban J connectivity index is 2.13. The highest BCUT2D eigenvalue weighted by molar-refractivity contribution is 7.84. The van der Waals surface area contributed by atoms with Gasteiger partial charge in [-0.25, -0.2) is 0 Å². The molecule has 0 aliphatic carbocycles. The molecular weight excluding hydrogens is 224 g/mol. The second-order valence-electron chi connectivity index (χ2n) is 3.92. The second kappa shape index (κ2) is 4.87. The molecule has 0 radical (unpaired) electrons. The molecule has 0 saturated heterocycles. The molecule has 0 spiro atoms. The third kappa shape index (κ3) is 2.38. The Labute approximate surface area is 98.2 Å². The maximum Gasteiger partial charge on any atom is 0.231 e. The van der Waals surface area contributed by atoms with E-state index in [0.29, 0.717) is 6.79 Å². The summed E-state index contributed by atoms with van der Waals surface area (Å²) in [6, 6.07) is 5.92. The van der Waals surface area contributed by atoms with Crippen LogP contribution in [-0.2, 0) is 17.2 Å². The zero-order valence-electron chi connectivity index (χ0n) is 9.56. The van der Waals surface area contributed by atoms with Crippen LogP contribution in [0.5, 0.6) is 11.5 Å². The first-order chi connectivity index (χ1) is 7.70. The number of hydrogen-bond acceptors (Lipinski definition) is 3. The lowest BCUT2D eigenvalue weighted by Crippen LogP contribution is -2.15. The quantitative estimate of drug-likeness (QED) is 0.808. The van der Waals surface area contributed by atoms with Gasteiger partial charge in [0.1, 0.15) is 0 Å². The van der Waals surface area contributed by atoms with Gasteiger partial charge in [-0.2, -0.15) is 0 Å². The van der Waals surface area contributed by atoms with E-state index in [9.17, 15) is 4.21 Å². The molecule has 0 aromatic heterocycles. The number of rotatable bonds is 4. The molecule has 2 unspecified atom stereocenters. The Kier molecular flexibility index (Phi) is 3.49. The summed E-state index contributed by atoms with van der Waals surface area (Å²) in [7, 11) is -0.774.